The van der Waals surface area contributed by atoms with Crippen LogP contribution in [0.5, 0.6) is 0 Å². The van der Waals surface area contributed by atoms with E-state index in [0.717, 1.165) is 39.4 Å². The van der Waals surface area contributed by atoms with Crippen molar-refractivity contribution < 1.29 is 4.74 Å². The summed E-state index contributed by atoms with van der Waals surface area (Å²) in [4.78, 5) is 1.92. The average Bonchev–Trinajstić information content (AvgIpc) is 2.33. The first-order valence-electron chi connectivity index (χ1n) is 5.68. The summed E-state index contributed by atoms with van der Waals surface area (Å²) in [7, 11) is 0. The lowest BCUT2D eigenvalue weighted by Crippen LogP contribution is -2.39. The molecule has 0 unspecified atom stereocenters. The topological polar surface area (TPSA) is 74.4 Å². The van der Waals surface area contributed by atoms with Crippen molar-refractivity contribution in [3.05, 3.63) is 0 Å². The molecule has 5 heteroatoms. The van der Waals surface area contributed by atoms with Crippen LogP contribution in [0.3, 0.4) is 0 Å². The van der Waals surface area contributed by atoms with Gasteiger partial charge in [-0.15, -0.1) is 0 Å². The second-order valence-electron chi connectivity index (χ2n) is 3.80. The van der Waals surface area contributed by atoms with Crippen molar-refractivity contribution >= 4 is 5.96 Å². The van der Waals surface area contributed by atoms with Crippen LogP contribution in [0.4, 0.5) is 0 Å². The number of likely N-dealkylation sites (tertiary alicyclic amines) is 1. The molecule has 0 radical (unpaired) electrons. The Labute approximate surface area is 91.5 Å². The molecule has 2 aliphatic rings. The van der Waals surface area contributed by atoms with Crippen LogP contribution < -0.4 is 11.1 Å². The summed E-state index contributed by atoms with van der Waals surface area (Å²) in [5.41, 5.74) is 5.28. The largest absolute Gasteiger partial charge is 0.379 e. The first-order valence-corrected chi connectivity index (χ1v) is 5.68. The van der Waals surface area contributed by atoms with Gasteiger partial charge in [-0.2, -0.15) is 0 Å². The van der Waals surface area contributed by atoms with Crippen molar-refractivity contribution in [3.8, 4) is 0 Å². The number of piperidine rings is 1. The first kappa shape index (κ1) is 12.3. The van der Waals surface area contributed by atoms with E-state index in [9.17, 15) is 0 Å². The molecule has 2 fully saturated rings. The fourth-order valence-electron chi connectivity index (χ4n) is 1.65. The van der Waals surface area contributed by atoms with E-state index < -0.39 is 0 Å². The SMILES string of the molecule is C1COCCN1.N=C(N)N1CCCCC1. The van der Waals surface area contributed by atoms with E-state index in [1.807, 2.05) is 4.90 Å². The normalized spacial score (nSPS) is 21.5. The van der Waals surface area contributed by atoms with Gasteiger partial charge in [0.2, 0.25) is 0 Å². The molecule has 15 heavy (non-hydrogen) atoms. The lowest BCUT2D eigenvalue weighted by atomic mass is 10.1. The van der Waals surface area contributed by atoms with Gasteiger partial charge in [0, 0.05) is 26.2 Å². The summed E-state index contributed by atoms with van der Waals surface area (Å²) in [5, 5.41) is 10.3. The zero-order chi connectivity index (χ0) is 10.9. The second-order valence-corrected chi connectivity index (χ2v) is 3.80. The third-order valence-electron chi connectivity index (χ3n) is 2.54. The molecule has 0 aromatic rings. The van der Waals surface area contributed by atoms with Gasteiger partial charge in [-0.05, 0) is 19.3 Å². The van der Waals surface area contributed by atoms with Gasteiger partial charge < -0.3 is 20.7 Å². The van der Waals surface area contributed by atoms with Gasteiger partial charge in [0.1, 0.15) is 0 Å². The quantitative estimate of drug-likeness (QED) is 0.391. The van der Waals surface area contributed by atoms with Crippen LogP contribution >= 0.6 is 0 Å². The molecule has 0 saturated carbocycles. The Hall–Kier alpha value is -0.810. The Morgan fingerprint density at radius 1 is 1.13 bits per heavy atom. The van der Waals surface area contributed by atoms with Crippen molar-refractivity contribution in [2.75, 3.05) is 39.4 Å². The van der Waals surface area contributed by atoms with Crippen molar-refractivity contribution in [2.24, 2.45) is 5.73 Å². The Morgan fingerprint density at radius 3 is 2.00 bits per heavy atom. The van der Waals surface area contributed by atoms with E-state index in [0.29, 0.717) is 0 Å². The van der Waals surface area contributed by atoms with Crippen LogP contribution in [0, 0.1) is 5.41 Å². The van der Waals surface area contributed by atoms with Gasteiger partial charge in [0.25, 0.3) is 0 Å². The number of guanidine groups is 1. The molecule has 0 spiro atoms. The van der Waals surface area contributed by atoms with E-state index in [4.69, 9.17) is 15.9 Å². The molecule has 88 valence electrons. The van der Waals surface area contributed by atoms with Crippen LogP contribution in [0.25, 0.3) is 0 Å². The number of nitrogens with one attached hydrogen (secondary N) is 2. The number of nitrogens with zero attached hydrogens (tertiary/aromatic N) is 1. The number of nitrogens with two attached hydrogens (primary N) is 1. The molecule has 0 aromatic heterocycles. The van der Waals surface area contributed by atoms with Gasteiger partial charge in [0.05, 0.1) is 13.2 Å². The zero-order valence-electron chi connectivity index (χ0n) is 9.30. The van der Waals surface area contributed by atoms with Crippen molar-refractivity contribution in [1.29, 1.82) is 5.41 Å². The maximum absolute atomic E-state index is 7.09. The fourth-order valence-corrected chi connectivity index (χ4v) is 1.65. The molecule has 2 heterocycles. The fraction of sp³-hybridized carbons (Fsp3) is 0.900. The molecule has 0 atom stereocenters. The van der Waals surface area contributed by atoms with Crippen LogP contribution in [-0.2, 0) is 4.74 Å². The minimum absolute atomic E-state index is 0.231. The van der Waals surface area contributed by atoms with Gasteiger partial charge in [0.15, 0.2) is 5.96 Å². The van der Waals surface area contributed by atoms with Gasteiger partial charge in [-0.3, -0.25) is 5.41 Å². The summed E-state index contributed by atoms with van der Waals surface area (Å²) in [6.07, 6.45) is 3.68. The summed E-state index contributed by atoms with van der Waals surface area (Å²) in [6, 6.07) is 0. The van der Waals surface area contributed by atoms with Gasteiger partial charge >= 0.3 is 0 Å². The first-order chi connectivity index (χ1) is 7.30. The molecule has 0 bridgehead atoms. The van der Waals surface area contributed by atoms with Crippen LogP contribution in [0.15, 0.2) is 0 Å². The maximum Gasteiger partial charge on any atom is 0.188 e. The molecule has 0 aromatic carbocycles. The summed E-state index contributed by atoms with van der Waals surface area (Å²) in [6.45, 7) is 5.80. The predicted octanol–water partition coefficient (Wildman–Crippen LogP) is -0.0280. The monoisotopic (exact) mass is 214 g/mol. The molecular weight excluding hydrogens is 192 g/mol. The number of hydrogen-bond acceptors (Lipinski definition) is 3. The summed E-state index contributed by atoms with van der Waals surface area (Å²) < 4.78 is 5.01. The van der Waals surface area contributed by atoms with Crippen molar-refractivity contribution in [2.45, 2.75) is 19.3 Å². The third kappa shape index (κ3) is 5.59. The van der Waals surface area contributed by atoms with E-state index >= 15 is 0 Å². The lowest BCUT2D eigenvalue weighted by Gasteiger charge is -2.26. The molecule has 2 aliphatic heterocycles. The highest BCUT2D eigenvalue weighted by atomic mass is 16.5. The van der Waals surface area contributed by atoms with Crippen LogP contribution in [0.1, 0.15) is 19.3 Å². The molecule has 2 saturated heterocycles. The number of rotatable bonds is 0. The molecular formula is C10H22N4O. The lowest BCUT2D eigenvalue weighted by molar-refractivity contribution is 0.109. The Morgan fingerprint density at radius 2 is 1.73 bits per heavy atom. The minimum atomic E-state index is 0.231. The molecule has 5 nitrogen and oxygen atoms in total. The van der Waals surface area contributed by atoms with E-state index in [-0.39, 0.29) is 5.96 Å². The highest BCUT2D eigenvalue weighted by Gasteiger charge is 2.09. The van der Waals surface area contributed by atoms with E-state index in [1.54, 1.807) is 0 Å². The van der Waals surface area contributed by atoms with Crippen molar-refractivity contribution in [1.82, 2.24) is 10.2 Å². The second kappa shape index (κ2) is 7.48. The maximum atomic E-state index is 7.09. The molecule has 2 rings (SSSR count). The Kier molecular flexibility index (Phi) is 6.11. The molecule has 0 amide bonds. The van der Waals surface area contributed by atoms with Crippen LogP contribution in [0.2, 0.25) is 0 Å². The predicted molar refractivity (Wildman–Crippen MR) is 61.0 cm³/mol. The van der Waals surface area contributed by atoms with E-state index in [1.165, 1.54) is 19.3 Å². The third-order valence-corrected chi connectivity index (χ3v) is 2.54. The van der Waals surface area contributed by atoms with Gasteiger partial charge in [-0.25, -0.2) is 0 Å². The smallest absolute Gasteiger partial charge is 0.188 e. The number of hydrogen-bond donors (Lipinski definition) is 3. The highest BCUT2D eigenvalue weighted by molar-refractivity contribution is 5.74. The molecule has 0 aliphatic carbocycles. The highest BCUT2D eigenvalue weighted by Crippen LogP contribution is 2.06. The number of ether oxygens (including phenoxy) is 1. The summed E-state index contributed by atoms with van der Waals surface area (Å²) in [5.74, 6) is 0.231. The molecule has 4 N–H and O–H groups in total. The van der Waals surface area contributed by atoms with E-state index in [2.05, 4.69) is 5.32 Å². The minimum Gasteiger partial charge on any atom is -0.379 e. The standard InChI is InChI=1S/C6H13N3.C4H9NO/c7-6(8)9-4-2-1-3-5-9;1-3-6-4-2-5-1/h1-5H2,(H3,7,8);5H,1-4H2. The van der Waals surface area contributed by atoms with Crippen LogP contribution in [-0.4, -0.2) is 50.3 Å². The number of morpholine rings is 1. The van der Waals surface area contributed by atoms with Gasteiger partial charge in [-0.1, -0.05) is 0 Å². The van der Waals surface area contributed by atoms with Crippen molar-refractivity contribution in [3.63, 3.8) is 0 Å². The zero-order valence-corrected chi connectivity index (χ0v) is 9.30. The average molecular weight is 214 g/mol. The Balaban J connectivity index is 0.000000162. The summed E-state index contributed by atoms with van der Waals surface area (Å²) >= 11 is 0. The Bertz CT molecular complexity index is 165.